The van der Waals surface area contributed by atoms with Gasteiger partial charge in [-0.25, -0.2) is 23.0 Å². The number of H-pyrrole nitrogens is 1. The number of aryl methyl sites for hydroxylation is 1. The third-order valence-electron chi connectivity index (χ3n) is 7.00. The highest BCUT2D eigenvalue weighted by Gasteiger charge is 2.31. The first kappa shape index (κ1) is 32.2. The molecule has 1 saturated carbocycles. The van der Waals surface area contributed by atoms with Gasteiger partial charge in [-0.1, -0.05) is 47.6 Å². The van der Waals surface area contributed by atoms with Crippen LogP contribution in [0, 0.1) is 0 Å². The van der Waals surface area contributed by atoms with E-state index in [9.17, 15) is 18.0 Å². The molecule has 43 heavy (non-hydrogen) atoms. The van der Waals surface area contributed by atoms with Crippen molar-refractivity contribution in [1.29, 1.82) is 0 Å². The molecule has 0 bridgehead atoms. The second-order valence-electron chi connectivity index (χ2n) is 11.6. The summed E-state index contributed by atoms with van der Waals surface area (Å²) in [4.78, 5) is 37.5. The minimum atomic E-state index is -4.11. The van der Waals surface area contributed by atoms with Crippen molar-refractivity contribution in [2.75, 3.05) is 19.0 Å². The summed E-state index contributed by atoms with van der Waals surface area (Å²) in [5, 5.41) is 5.37. The highest BCUT2D eigenvalue weighted by molar-refractivity contribution is 7.89. The van der Waals surface area contributed by atoms with Crippen molar-refractivity contribution < 1.29 is 32.3 Å². The Kier molecular flexibility index (Phi) is 10.6. The molecular weight excluding hydrogens is 574 g/mol. The number of hydroxylamine groups is 1. The molecule has 2 aromatic carbocycles. The Balaban J connectivity index is 1.55. The van der Waals surface area contributed by atoms with Crippen molar-refractivity contribution in [3.05, 3.63) is 54.1 Å². The van der Waals surface area contributed by atoms with Gasteiger partial charge in [0.25, 0.3) is 10.0 Å². The molecule has 4 rings (SSSR count). The second-order valence-corrected chi connectivity index (χ2v) is 13.4. The maximum atomic E-state index is 14.0. The lowest BCUT2D eigenvalue weighted by Crippen LogP contribution is -2.42. The van der Waals surface area contributed by atoms with Gasteiger partial charge in [-0.05, 0) is 76.6 Å². The summed E-state index contributed by atoms with van der Waals surface area (Å²) >= 11 is 0. The standard InChI is InChI=1S/C30H41N5O7S/c1-30(2,3)41-29(37)31-22(15-14-21-10-6-5-7-11-21)18-19-35(42-23-12-8-9-13-23)43(38,39)24-16-17-25-26(20-24)33-27(32-25)34-28(36)40-4/h5-7,10-11,16-17,20,22-23H,8-9,12-15,18-19H2,1-4H3,(H,31,37)(H2,32,33,34,36)/t22-/m0/s1. The maximum Gasteiger partial charge on any atom is 0.413 e. The fourth-order valence-corrected chi connectivity index (χ4v) is 6.20. The number of nitrogens with one attached hydrogen (secondary N) is 3. The SMILES string of the molecule is COC(=O)Nc1nc2ccc(S(=O)(=O)N(CC[C@H](CCc3ccccc3)NC(=O)OC(C)(C)C)OC3CCCC3)cc2[nH]1. The number of hydrogen-bond acceptors (Lipinski definition) is 8. The van der Waals surface area contributed by atoms with Gasteiger partial charge in [0.05, 0.1) is 29.1 Å². The van der Waals surface area contributed by atoms with E-state index in [2.05, 4.69) is 25.3 Å². The summed E-state index contributed by atoms with van der Waals surface area (Å²) in [5.74, 6) is 0.130. The third kappa shape index (κ3) is 9.40. The molecule has 1 atom stereocenters. The molecule has 1 fully saturated rings. The quantitative estimate of drug-likeness (QED) is 0.225. The Labute approximate surface area is 252 Å². The largest absolute Gasteiger partial charge is 0.453 e. The summed E-state index contributed by atoms with van der Waals surface area (Å²) in [6, 6.07) is 14.0. The van der Waals surface area contributed by atoms with Crippen LogP contribution < -0.4 is 10.6 Å². The van der Waals surface area contributed by atoms with Gasteiger partial charge >= 0.3 is 12.2 Å². The molecule has 2 amide bonds. The fraction of sp³-hybridized carbons (Fsp3) is 0.500. The van der Waals surface area contributed by atoms with Gasteiger partial charge in [0.2, 0.25) is 5.95 Å². The maximum absolute atomic E-state index is 14.0. The molecule has 12 nitrogen and oxygen atoms in total. The molecule has 3 aromatic rings. The number of fused-ring (bicyclic) bond motifs is 1. The van der Waals surface area contributed by atoms with Gasteiger partial charge in [0.1, 0.15) is 5.60 Å². The van der Waals surface area contributed by atoms with E-state index in [4.69, 9.17) is 9.57 Å². The van der Waals surface area contributed by atoms with E-state index < -0.39 is 27.8 Å². The minimum absolute atomic E-state index is 0.00667. The predicted octanol–water partition coefficient (Wildman–Crippen LogP) is 5.52. The number of amides is 2. The zero-order chi connectivity index (χ0) is 31.0. The summed E-state index contributed by atoms with van der Waals surface area (Å²) in [6.07, 6.45) is 3.56. The summed E-state index contributed by atoms with van der Waals surface area (Å²) < 4.78 is 39.1. The van der Waals surface area contributed by atoms with Crippen molar-refractivity contribution in [2.24, 2.45) is 0 Å². The zero-order valence-corrected chi connectivity index (χ0v) is 25.9. The summed E-state index contributed by atoms with van der Waals surface area (Å²) in [6.45, 7) is 5.39. The molecule has 0 unspecified atom stereocenters. The average Bonchev–Trinajstić information content (AvgIpc) is 3.62. The number of carbonyl (C=O) groups excluding carboxylic acids is 2. The monoisotopic (exact) mass is 615 g/mol. The van der Waals surface area contributed by atoms with E-state index in [0.717, 1.165) is 35.7 Å². The number of methoxy groups -OCH3 is 1. The van der Waals surface area contributed by atoms with Crippen LogP contribution in [0.25, 0.3) is 11.0 Å². The molecular formula is C30H41N5O7S. The Morgan fingerprint density at radius 2 is 1.79 bits per heavy atom. The number of rotatable bonds is 12. The molecule has 3 N–H and O–H groups in total. The van der Waals surface area contributed by atoms with E-state index in [-0.39, 0.29) is 29.5 Å². The number of benzene rings is 2. The first-order valence-corrected chi connectivity index (χ1v) is 15.9. The molecule has 234 valence electrons. The van der Waals surface area contributed by atoms with Crippen molar-refractivity contribution >= 4 is 39.2 Å². The van der Waals surface area contributed by atoms with Gasteiger partial charge in [-0.2, -0.15) is 0 Å². The van der Waals surface area contributed by atoms with Crippen LogP contribution in [-0.4, -0.2) is 66.4 Å². The molecule has 0 aliphatic heterocycles. The van der Waals surface area contributed by atoms with Gasteiger partial charge < -0.3 is 19.8 Å². The molecule has 0 saturated heterocycles. The second kappa shape index (κ2) is 14.2. The minimum Gasteiger partial charge on any atom is -0.453 e. The number of ether oxygens (including phenoxy) is 2. The van der Waals surface area contributed by atoms with E-state index in [1.807, 2.05) is 30.3 Å². The molecule has 1 heterocycles. The van der Waals surface area contributed by atoms with Crippen LogP contribution in [0.1, 0.15) is 64.9 Å². The van der Waals surface area contributed by atoms with Crippen LogP contribution in [0.15, 0.2) is 53.4 Å². The summed E-state index contributed by atoms with van der Waals surface area (Å²) in [5.41, 5.74) is 1.32. The lowest BCUT2D eigenvalue weighted by atomic mass is 10.0. The van der Waals surface area contributed by atoms with Crippen molar-refractivity contribution in [2.45, 2.75) is 88.4 Å². The number of anilines is 1. The van der Waals surface area contributed by atoms with Gasteiger partial charge in [0.15, 0.2) is 0 Å². The van der Waals surface area contributed by atoms with Crippen LogP contribution in [-0.2, 0) is 30.8 Å². The van der Waals surface area contributed by atoms with Crippen molar-refractivity contribution in [3.8, 4) is 0 Å². The van der Waals surface area contributed by atoms with E-state index in [1.165, 1.54) is 19.2 Å². The lowest BCUT2D eigenvalue weighted by molar-refractivity contribution is -0.131. The normalized spacial score (nSPS) is 15.0. The molecule has 0 spiro atoms. The highest BCUT2D eigenvalue weighted by atomic mass is 32.2. The molecule has 1 aromatic heterocycles. The Bertz CT molecular complexity index is 1480. The van der Waals surface area contributed by atoms with E-state index in [0.29, 0.717) is 30.3 Å². The predicted molar refractivity (Wildman–Crippen MR) is 162 cm³/mol. The molecule has 1 aliphatic carbocycles. The first-order valence-electron chi connectivity index (χ1n) is 14.5. The van der Waals surface area contributed by atoms with E-state index >= 15 is 0 Å². The molecule has 0 radical (unpaired) electrons. The lowest BCUT2D eigenvalue weighted by Gasteiger charge is -2.28. The van der Waals surface area contributed by atoms with Crippen LogP contribution in [0.3, 0.4) is 0 Å². The molecule has 13 heteroatoms. The van der Waals surface area contributed by atoms with Crippen LogP contribution in [0.5, 0.6) is 0 Å². The van der Waals surface area contributed by atoms with Crippen molar-refractivity contribution in [3.63, 3.8) is 0 Å². The Hall–Kier alpha value is -3.68. The number of aromatic amines is 1. The Morgan fingerprint density at radius 3 is 2.47 bits per heavy atom. The van der Waals surface area contributed by atoms with Gasteiger partial charge in [0, 0.05) is 12.6 Å². The zero-order valence-electron chi connectivity index (χ0n) is 25.1. The van der Waals surface area contributed by atoms with Crippen LogP contribution in [0.2, 0.25) is 0 Å². The van der Waals surface area contributed by atoms with E-state index in [1.54, 1.807) is 26.8 Å². The topological polar surface area (TPSA) is 152 Å². The highest BCUT2D eigenvalue weighted by Crippen LogP contribution is 2.27. The Morgan fingerprint density at radius 1 is 1.07 bits per heavy atom. The first-order chi connectivity index (χ1) is 20.4. The van der Waals surface area contributed by atoms with Gasteiger partial charge in [-0.3, -0.25) is 10.2 Å². The van der Waals surface area contributed by atoms with Crippen LogP contribution in [0.4, 0.5) is 15.5 Å². The number of carbonyl (C=O) groups is 2. The number of nitrogens with zero attached hydrogens (tertiary/aromatic N) is 2. The van der Waals surface area contributed by atoms with Crippen LogP contribution >= 0.6 is 0 Å². The summed E-state index contributed by atoms with van der Waals surface area (Å²) in [7, 11) is -2.88. The smallest absolute Gasteiger partial charge is 0.413 e. The number of alkyl carbamates (subject to hydrolysis) is 1. The fourth-order valence-electron chi connectivity index (χ4n) is 4.87. The molecule has 1 aliphatic rings. The number of sulfonamides is 1. The number of hydrogen-bond donors (Lipinski definition) is 3. The van der Waals surface area contributed by atoms with Crippen molar-refractivity contribution in [1.82, 2.24) is 19.8 Å². The van der Waals surface area contributed by atoms with Gasteiger partial charge in [-0.15, -0.1) is 0 Å². The third-order valence-corrected chi connectivity index (χ3v) is 8.65. The number of aromatic nitrogens is 2. The average molecular weight is 616 g/mol. The number of imidazole rings is 1.